The Balaban J connectivity index is 1.18. The highest BCUT2D eigenvalue weighted by Gasteiger charge is 2.22. The molecule has 232 valence electrons. The van der Waals surface area contributed by atoms with Crippen LogP contribution in [0.2, 0.25) is 0 Å². The van der Waals surface area contributed by atoms with Crippen LogP contribution < -0.4 is 15.0 Å². The van der Waals surface area contributed by atoms with E-state index in [2.05, 4.69) is 5.32 Å². The SMILES string of the molecule is O=C(c1ccccc1)c1ccccc1N[C@@H](Cc1ccc(OCCN(C(=O)CCC2CCCC2)c2ccccc2)cc1)C(=O)O. The number of hydrogen-bond acceptors (Lipinski definition) is 5. The molecule has 4 aromatic carbocycles. The summed E-state index contributed by atoms with van der Waals surface area (Å²) in [7, 11) is 0. The summed E-state index contributed by atoms with van der Waals surface area (Å²) in [6.45, 7) is 0.760. The molecule has 45 heavy (non-hydrogen) atoms. The van der Waals surface area contributed by atoms with E-state index in [-0.39, 0.29) is 18.1 Å². The summed E-state index contributed by atoms with van der Waals surface area (Å²) in [6.07, 6.45) is 6.67. The second-order valence-corrected chi connectivity index (χ2v) is 11.5. The molecule has 2 N–H and O–H groups in total. The van der Waals surface area contributed by atoms with Gasteiger partial charge in [-0.2, -0.15) is 0 Å². The van der Waals surface area contributed by atoms with Crippen LogP contribution in [0.4, 0.5) is 11.4 Å². The first-order valence-corrected chi connectivity index (χ1v) is 15.7. The molecule has 0 heterocycles. The van der Waals surface area contributed by atoms with Crippen LogP contribution >= 0.6 is 0 Å². The number of rotatable bonds is 15. The van der Waals surface area contributed by atoms with Crippen molar-refractivity contribution in [3.63, 3.8) is 0 Å². The van der Waals surface area contributed by atoms with E-state index in [9.17, 15) is 19.5 Å². The standard InChI is InChI=1S/C38H40N2O5/c41-36(24-21-28-11-7-8-12-28)40(31-15-5-2-6-16-31)25-26-45-32-22-19-29(20-23-32)27-35(38(43)44)39-34-18-10-9-17-33(34)37(42)30-13-3-1-4-14-30/h1-6,9-10,13-20,22-23,28,35,39H,7-8,11-12,21,24-27H2,(H,43,44)/t35-/m0/s1. The minimum absolute atomic E-state index is 0.117. The van der Waals surface area contributed by atoms with Gasteiger partial charge in [-0.3, -0.25) is 9.59 Å². The fourth-order valence-corrected chi connectivity index (χ4v) is 5.92. The van der Waals surface area contributed by atoms with Crippen LogP contribution in [0.3, 0.4) is 0 Å². The van der Waals surface area contributed by atoms with Crippen molar-refractivity contribution in [1.82, 2.24) is 0 Å². The van der Waals surface area contributed by atoms with E-state index in [1.54, 1.807) is 48.5 Å². The van der Waals surface area contributed by atoms with E-state index >= 15 is 0 Å². The first kappa shape index (κ1) is 31.5. The number of ketones is 1. The number of carbonyl (C=O) groups excluding carboxylic acids is 2. The second-order valence-electron chi connectivity index (χ2n) is 11.5. The predicted octanol–water partition coefficient (Wildman–Crippen LogP) is 7.41. The maximum atomic E-state index is 13.2. The number of aliphatic carboxylic acids is 1. The van der Waals surface area contributed by atoms with Crippen LogP contribution in [0.15, 0.2) is 109 Å². The minimum atomic E-state index is -1.02. The van der Waals surface area contributed by atoms with Crippen molar-refractivity contribution < 1.29 is 24.2 Å². The van der Waals surface area contributed by atoms with Crippen LogP contribution in [0.25, 0.3) is 0 Å². The summed E-state index contributed by atoms with van der Waals surface area (Å²) < 4.78 is 6.01. The number of nitrogens with zero attached hydrogens (tertiary/aromatic N) is 1. The van der Waals surface area contributed by atoms with Crippen molar-refractivity contribution in [3.8, 4) is 5.75 Å². The molecule has 5 rings (SSSR count). The Morgan fingerprint density at radius 3 is 2.16 bits per heavy atom. The summed E-state index contributed by atoms with van der Waals surface area (Å²) in [5.74, 6) is 0.223. The van der Waals surface area contributed by atoms with Crippen LogP contribution in [-0.2, 0) is 16.0 Å². The molecule has 0 aliphatic heterocycles. The number of benzene rings is 4. The topological polar surface area (TPSA) is 95.9 Å². The number of para-hydroxylation sites is 2. The summed E-state index contributed by atoms with van der Waals surface area (Å²) >= 11 is 0. The van der Waals surface area contributed by atoms with E-state index in [0.717, 1.165) is 17.7 Å². The number of amides is 1. The number of hydrogen-bond donors (Lipinski definition) is 2. The zero-order valence-corrected chi connectivity index (χ0v) is 25.4. The molecule has 1 fully saturated rings. The molecule has 7 heteroatoms. The summed E-state index contributed by atoms with van der Waals surface area (Å²) in [5, 5.41) is 13.1. The summed E-state index contributed by atoms with van der Waals surface area (Å²) in [5.41, 5.74) is 3.10. The number of anilines is 2. The van der Waals surface area contributed by atoms with Crippen molar-refractivity contribution in [2.24, 2.45) is 5.92 Å². The molecule has 7 nitrogen and oxygen atoms in total. The maximum Gasteiger partial charge on any atom is 0.326 e. The quantitative estimate of drug-likeness (QED) is 0.137. The normalized spacial score (nSPS) is 13.6. The first-order chi connectivity index (χ1) is 22.0. The maximum absolute atomic E-state index is 13.2. The highest BCUT2D eigenvalue weighted by Crippen LogP contribution is 2.29. The van der Waals surface area contributed by atoms with Gasteiger partial charge in [0.25, 0.3) is 0 Å². The van der Waals surface area contributed by atoms with Crippen molar-refractivity contribution in [2.45, 2.75) is 51.0 Å². The molecular formula is C38H40N2O5. The Morgan fingerprint density at radius 1 is 0.822 bits per heavy atom. The molecule has 1 amide bonds. The third-order valence-electron chi connectivity index (χ3n) is 8.39. The number of nitrogens with one attached hydrogen (secondary N) is 1. The highest BCUT2D eigenvalue weighted by molar-refractivity contribution is 6.12. The minimum Gasteiger partial charge on any atom is -0.492 e. The molecular weight excluding hydrogens is 564 g/mol. The molecule has 1 aliphatic rings. The first-order valence-electron chi connectivity index (χ1n) is 15.7. The fraction of sp³-hybridized carbons (Fsp3) is 0.289. The van der Waals surface area contributed by atoms with E-state index in [0.29, 0.717) is 48.1 Å². The van der Waals surface area contributed by atoms with E-state index in [1.165, 1.54) is 25.7 Å². The molecule has 0 radical (unpaired) electrons. The third kappa shape index (κ3) is 8.82. The van der Waals surface area contributed by atoms with Gasteiger partial charge in [-0.1, -0.05) is 98.5 Å². The lowest BCUT2D eigenvalue weighted by atomic mass is 10.00. The van der Waals surface area contributed by atoms with E-state index in [4.69, 9.17) is 4.74 Å². The van der Waals surface area contributed by atoms with Crippen LogP contribution in [0, 0.1) is 5.92 Å². The Bertz CT molecular complexity index is 1550. The van der Waals surface area contributed by atoms with E-state index in [1.807, 2.05) is 65.6 Å². The number of ether oxygens (including phenoxy) is 1. The average Bonchev–Trinajstić information content (AvgIpc) is 3.61. The molecule has 4 aromatic rings. The molecule has 0 bridgehead atoms. The second kappa shape index (κ2) is 15.7. The van der Waals surface area contributed by atoms with Gasteiger partial charge in [-0.15, -0.1) is 0 Å². The summed E-state index contributed by atoms with van der Waals surface area (Å²) in [6, 6.07) is 32.0. The number of carbonyl (C=O) groups is 3. The Labute approximate surface area is 264 Å². The zero-order chi connectivity index (χ0) is 31.4. The average molecular weight is 605 g/mol. The number of carboxylic acids is 1. The van der Waals surface area contributed by atoms with Gasteiger partial charge in [-0.25, -0.2) is 4.79 Å². The third-order valence-corrected chi connectivity index (χ3v) is 8.39. The molecule has 1 saturated carbocycles. The number of carboxylic acid groups (broad SMARTS) is 1. The molecule has 0 spiro atoms. The van der Waals surface area contributed by atoms with Crippen LogP contribution in [0.1, 0.15) is 60.0 Å². The lowest BCUT2D eigenvalue weighted by molar-refractivity contribution is -0.137. The van der Waals surface area contributed by atoms with Crippen LogP contribution in [0.5, 0.6) is 5.75 Å². The highest BCUT2D eigenvalue weighted by atomic mass is 16.5. The van der Waals surface area contributed by atoms with Crippen molar-refractivity contribution >= 4 is 29.0 Å². The van der Waals surface area contributed by atoms with Gasteiger partial charge >= 0.3 is 5.97 Å². The van der Waals surface area contributed by atoms with Gasteiger partial charge in [0, 0.05) is 35.3 Å². The van der Waals surface area contributed by atoms with Gasteiger partial charge < -0.3 is 20.1 Å². The van der Waals surface area contributed by atoms with Gasteiger partial charge in [0.15, 0.2) is 5.78 Å². The molecule has 1 aliphatic carbocycles. The van der Waals surface area contributed by atoms with Gasteiger partial charge in [0.05, 0.1) is 6.54 Å². The molecule has 0 unspecified atom stereocenters. The Hall–Kier alpha value is -4.91. The smallest absolute Gasteiger partial charge is 0.326 e. The Kier molecular flexibility index (Phi) is 11.0. The lowest BCUT2D eigenvalue weighted by Gasteiger charge is -2.24. The van der Waals surface area contributed by atoms with Gasteiger partial charge in [0.1, 0.15) is 18.4 Å². The molecule has 0 aromatic heterocycles. The van der Waals surface area contributed by atoms with Crippen molar-refractivity contribution in [3.05, 3.63) is 126 Å². The predicted molar refractivity (Wildman–Crippen MR) is 177 cm³/mol. The molecule has 1 atom stereocenters. The van der Waals surface area contributed by atoms with Crippen LogP contribution in [-0.4, -0.2) is 42.0 Å². The van der Waals surface area contributed by atoms with Crippen molar-refractivity contribution in [2.75, 3.05) is 23.4 Å². The van der Waals surface area contributed by atoms with E-state index < -0.39 is 12.0 Å². The Morgan fingerprint density at radius 2 is 1.47 bits per heavy atom. The van der Waals surface area contributed by atoms with Gasteiger partial charge in [0.2, 0.25) is 5.91 Å². The lowest BCUT2D eigenvalue weighted by Crippen LogP contribution is -2.34. The van der Waals surface area contributed by atoms with Gasteiger partial charge in [-0.05, 0) is 54.3 Å². The largest absolute Gasteiger partial charge is 0.492 e. The monoisotopic (exact) mass is 604 g/mol. The molecule has 0 saturated heterocycles. The fourth-order valence-electron chi connectivity index (χ4n) is 5.92. The zero-order valence-electron chi connectivity index (χ0n) is 25.4. The van der Waals surface area contributed by atoms with Crippen molar-refractivity contribution in [1.29, 1.82) is 0 Å². The summed E-state index contributed by atoms with van der Waals surface area (Å²) in [4.78, 5) is 40.4.